The summed E-state index contributed by atoms with van der Waals surface area (Å²) in [6.07, 6.45) is -6.56. The third-order valence-corrected chi connectivity index (χ3v) is 1.66. The lowest BCUT2D eigenvalue weighted by Gasteiger charge is -2.23. The highest BCUT2D eigenvalue weighted by Crippen LogP contribution is 2.06. The van der Waals surface area contributed by atoms with E-state index in [4.69, 9.17) is 25.5 Å². The van der Waals surface area contributed by atoms with Crippen molar-refractivity contribution < 1.29 is 30.3 Å². The van der Waals surface area contributed by atoms with Crippen molar-refractivity contribution in [3.63, 3.8) is 0 Å². The first-order chi connectivity index (χ1) is 6.04. The lowest BCUT2D eigenvalue weighted by molar-refractivity contribution is -0.134. The van der Waals surface area contributed by atoms with Crippen LogP contribution in [0.1, 0.15) is 6.42 Å². The van der Waals surface area contributed by atoms with Crippen molar-refractivity contribution in [3.05, 3.63) is 0 Å². The zero-order valence-electron chi connectivity index (χ0n) is 6.95. The molecule has 5 N–H and O–H groups in total. The lowest BCUT2D eigenvalue weighted by Crippen LogP contribution is -2.45. The molecule has 0 aromatic heterocycles. The van der Waals surface area contributed by atoms with Crippen molar-refractivity contribution >= 4 is 6.29 Å². The Morgan fingerprint density at radius 3 is 2.00 bits per heavy atom. The smallest absolute Gasteiger partial charge is 0.151 e. The third kappa shape index (κ3) is 3.79. The van der Waals surface area contributed by atoms with Crippen molar-refractivity contribution in [3.8, 4) is 0 Å². The highest BCUT2D eigenvalue weighted by atomic mass is 16.4. The van der Waals surface area contributed by atoms with Gasteiger partial charge >= 0.3 is 0 Å². The zero-order chi connectivity index (χ0) is 10.4. The maximum absolute atomic E-state index is 9.98. The van der Waals surface area contributed by atoms with Crippen LogP contribution in [0.4, 0.5) is 0 Å². The van der Waals surface area contributed by atoms with Gasteiger partial charge < -0.3 is 30.3 Å². The van der Waals surface area contributed by atoms with E-state index >= 15 is 0 Å². The molecule has 0 bridgehead atoms. The summed E-state index contributed by atoms with van der Waals surface area (Å²) in [7, 11) is 0. The molecular weight excluding hydrogens is 180 g/mol. The average Bonchev–Trinajstić information content (AvgIpc) is 2.14. The van der Waals surface area contributed by atoms with Crippen molar-refractivity contribution in [2.75, 3.05) is 6.61 Å². The van der Waals surface area contributed by atoms with Crippen LogP contribution in [0.3, 0.4) is 0 Å². The normalized spacial score (nSPS) is 20.4. The second-order valence-corrected chi connectivity index (χ2v) is 2.69. The van der Waals surface area contributed by atoms with E-state index in [1.165, 1.54) is 0 Å². The van der Waals surface area contributed by atoms with Crippen LogP contribution in [-0.4, -0.2) is 62.8 Å². The Bertz CT molecular complexity index is 150. The van der Waals surface area contributed by atoms with E-state index < -0.39 is 24.4 Å². The van der Waals surface area contributed by atoms with Gasteiger partial charge in [0.2, 0.25) is 0 Å². The molecule has 0 saturated carbocycles. The first-order valence-corrected chi connectivity index (χ1v) is 3.83. The fourth-order valence-electron chi connectivity index (χ4n) is 0.813. The van der Waals surface area contributed by atoms with E-state index in [1.807, 2.05) is 0 Å². The van der Waals surface area contributed by atoms with E-state index in [9.17, 15) is 4.79 Å². The number of rotatable bonds is 6. The van der Waals surface area contributed by atoms with E-state index in [1.54, 1.807) is 0 Å². The number of carbonyl (C=O) groups is 1. The molecule has 13 heavy (non-hydrogen) atoms. The molecule has 0 aliphatic heterocycles. The molecule has 0 aliphatic carbocycles. The molecule has 78 valence electrons. The molecule has 0 amide bonds. The van der Waals surface area contributed by atoms with Crippen molar-refractivity contribution in [2.45, 2.75) is 30.8 Å². The van der Waals surface area contributed by atoms with Gasteiger partial charge in [-0.05, 0) is 6.42 Å². The van der Waals surface area contributed by atoms with Gasteiger partial charge in [0.15, 0.2) is 6.29 Å². The molecule has 0 unspecified atom stereocenters. The van der Waals surface area contributed by atoms with Crippen LogP contribution in [0.2, 0.25) is 0 Å². The topological polar surface area (TPSA) is 118 Å². The number of hydrogen-bond acceptors (Lipinski definition) is 6. The van der Waals surface area contributed by atoms with Crippen LogP contribution in [0.5, 0.6) is 0 Å². The van der Waals surface area contributed by atoms with E-state index in [0.717, 1.165) is 0 Å². The number of carbonyl (C=O) groups excluding carboxylic acids is 1. The third-order valence-electron chi connectivity index (χ3n) is 1.66. The molecule has 0 aromatic rings. The highest BCUT2D eigenvalue weighted by molar-refractivity contribution is 5.56. The van der Waals surface area contributed by atoms with Gasteiger partial charge in [-0.25, -0.2) is 0 Å². The Hall–Kier alpha value is -0.530. The van der Waals surface area contributed by atoms with Crippen molar-refractivity contribution in [1.82, 2.24) is 0 Å². The van der Waals surface area contributed by atoms with Gasteiger partial charge in [0, 0.05) is 6.61 Å². The Kier molecular flexibility index (Phi) is 5.76. The molecular formula is C7H14O6. The van der Waals surface area contributed by atoms with Crippen molar-refractivity contribution in [1.29, 1.82) is 0 Å². The minimum Gasteiger partial charge on any atom is -0.396 e. The van der Waals surface area contributed by atoms with Crippen molar-refractivity contribution in [2.24, 2.45) is 0 Å². The van der Waals surface area contributed by atoms with Gasteiger partial charge in [0.25, 0.3) is 0 Å². The Morgan fingerprint density at radius 1 is 1.08 bits per heavy atom. The first kappa shape index (κ1) is 12.5. The van der Waals surface area contributed by atoms with Crippen LogP contribution in [-0.2, 0) is 4.79 Å². The maximum Gasteiger partial charge on any atom is 0.151 e. The first-order valence-electron chi connectivity index (χ1n) is 3.83. The molecule has 0 fully saturated rings. The summed E-state index contributed by atoms with van der Waals surface area (Å²) in [5.74, 6) is 0. The minimum absolute atomic E-state index is 0.0551. The van der Waals surface area contributed by atoms with Crippen LogP contribution in [0.25, 0.3) is 0 Å². The number of aliphatic hydroxyl groups excluding tert-OH is 5. The summed E-state index contributed by atoms with van der Waals surface area (Å²) in [5.41, 5.74) is 0. The summed E-state index contributed by atoms with van der Waals surface area (Å²) in [6.45, 7) is -0.359. The van der Waals surface area contributed by atoms with Gasteiger partial charge in [-0.2, -0.15) is 0 Å². The summed E-state index contributed by atoms with van der Waals surface area (Å²) >= 11 is 0. The molecule has 0 radical (unpaired) electrons. The Balaban J connectivity index is 4.06. The van der Waals surface area contributed by atoms with Crippen LogP contribution in [0.15, 0.2) is 0 Å². The predicted octanol–water partition coefficient (Wildman–Crippen LogP) is -2.99. The molecule has 0 aliphatic rings. The predicted molar refractivity (Wildman–Crippen MR) is 41.8 cm³/mol. The van der Waals surface area contributed by atoms with Gasteiger partial charge in [-0.3, -0.25) is 0 Å². The molecule has 0 saturated heterocycles. The number of aldehydes is 1. The standard InChI is InChI=1S/C7H14O6/c8-2-1-4(10)6(12)7(13)5(11)3-9/h3-8,10-13H,1-2H2/t4-,5+,6+,7+/m1/s1. The second kappa shape index (κ2) is 6.01. The Morgan fingerprint density at radius 2 is 1.62 bits per heavy atom. The van der Waals surface area contributed by atoms with E-state index in [-0.39, 0.29) is 19.3 Å². The van der Waals surface area contributed by atoms with Gasteiger partial charge in [0.05, 0.1) is 6.10 Å². The largest absolute Gasteiger partial charge is 0.396 e. The minimum atomic E-state index is -1.74. The summed E-state index contributed by atoms with van der Waals surface area (Å²) in [4.78, 5) is 9.98. The van der Waals surface area contributed by atoms with Crippen LogP contribution < -0.4 is 0 Å². The van der Waals surface area contributed by atoms with Gasteiger partial charge in [-0.1, -0.05) is 0 Å². The van der Waals surface area contributed by atoms with Crippen LogP contribution >= 0.6 is 0 Å². The average molecular weight is 194 g/mol. The number of hydrogen-bond donors (Lipinski definition) is 5. The molecule has 0 heterocycles. The molecule has 4 atom stereocenters. The molecule has 0 aromatic carbocycles. The quantitative estimate of drug-likeness (QED) is 0.288. The lowest BCUT2D eigenvalue weighted by atomic mass is 10.0. The van der Waals surface area contributed by atoms with E-state index in [0.29, 0.717) is 0 Å². The summed E-state index contributed by atoms with van der Waals surface area (Å²) in [5, 5.41) is 44.3. The fraction of sp³-hybridized carbons (Fsp3) is 0.857. The monoisotopic (exact) mass is 194 g/mol. The SMILES string of the molecule is O=C[C@H](O)[C@H](O)[C@@H](O)[C@H](O)CCO. The van der Waals surface area contributed by atoms with Crippen LogP contribution in [0, 0.1) is 0 Å². The van der Waals surface area contributed by atoms with E-state index in [2.05, 4.69) is 0 Å². The van der Waals surface area contributed by atoms with Gasteiger partial charge in [0.1, 0.15) is 18.3 Å². The number of aliphatic hydroxyl groups is 5. The second-order valence-electron chi connectivity index (χ2n) is 2.69. The molecule has 0 rings (SSSR count). The van der Waals surface area contributed by atoms with Gasteiger partial charge in [-0.15, -0.1) is 0 Å². The molecule has 0 spiro atoms. The molecule has 6 heteroatoms. The highest BCUT2D eigenvalue weighted by Gasteiger charge is 2.29. The fourth-order valence-corrected chi connectivity index (χ4v) is 0.813. The maximum atomic E-state index is 9.98. The summed E-state index contributed by atoms with van der Waals surface area (Å²) in [6, 6.07) is 0. The summed E-state index contributed by atoms with van der Waals surface area (Å²) < 4.78 is 0. The zero-order valence-corrected chi connectivity index (χ0v) is 6.95. The Labute approximate surface area is 75.1 Å². The molecule has 6 nitrogen and oxygen atoms in total.